The first-order valence-corrected chi connectivity index (χ1v) is 13.9. The van der Waals surface area contributed by atoms with Crippen molar-refractivity contribution in [3.05, 3.63) is 82.5 Å². The van der Waals surface area contributed by atoms with Crippen molar-refractivity contribution in [3.63, 3.8) is 0 Å². The number of rotatable bonds is 9. The third-order valence-electron chi connectivity index (χ3n) is 7.74. The summed E-state index contributed by atoms with van der Waals surface area (Å²) in [6, 6.07) is 15.3. The number of benzene rings is 2. The Morgan fingerprint density at radius 2 is 1.80 bits per heavy atom. The predicted octanol–water partition coefficient (Wildman–Crippen LogP) is 3.37. The van der Waals surface area contributed by atoms with Crippen LogP contribution in [0.4, 0.5) is 16.3 Å². The van der Waals surface area contributed by atoms with Crippen molar-refractivity contribution in [2.24, 2.45) is 11.7 Å². The van der Waals surface area contributed by atoms with E-state index in [1.54, 1.807) is 12.1 Å². The lowest BCUT2D eigenvalue weighted by Gasteiger charge is -2.38. The molecule has 0 aliphatic carbocycles. The number of halogens is 1. The fourth-order valence-corrected chi connectivity index (χ4v) is 5.17. The standard InChI is InChI=1S/C30H36FN7O3/c1-20(2)27(32)28(40)41-19-38-26(39)12-15-33-29(38)35(3)23-13-16-36(17-14-23)30-34-24-6-4-5-7-25(24)37(30)18-21-8-10-22(31)11-9-21/h4-12,15,20,23,27H,13-14,16-19,32H2,1-3H3. The third kappa shape index (κ3) is 6.09. The van der Waals surface area contributed by atoms with Gasteiger partial charge in [-0.25, -0.2) is 18.9 Å². The molecule has 1 fully saturated rings. The number of anilines is 2. The molecule has 0 radical (unpaired) electrons. The Hall–Kier alpha value is -4.25. The lowest BCUT2D eigenvalue weighted by atomic mass is 10.0. The maximum absolute atomic E-state index is 13.5. The number of hydrogen-bond donors (Lipinski definition) is 1. The molecule has 1 unspecified atom stereocenters. The summed E-state index contributed by atoms with van der Waals surface area (Å²) in [5.74, 6) is 0.419. The first-order valence-electron chi connectivity index (χ1n) is 13.9. The van der Waals surface area contributed by atoms with E-state index in [1.165, 1.54) is 29.0 Å². The summed E-state index contributed by atoms with van der Waals surface area (Å²) in [6.45, 7) is 5.50. The molecule has 11 heteroatoms. The molecule has 5 rings (SSSR count). The number of para-hydroxylation sites is 2. The average molecular weight is 562 g/mol. The number of imidazole rings is 1. The molecular formula is C30H36FN7O3. The van der Waals surface area contributed by atoms with Crippen molar-refractivity contribution < 1.29 is 13.9 Å². The second-order valence-corrected chi connectivity index (χ2v) is 10.8. The summed E-state index contributed by atoms with van der Waals surface area (Å²) in [5.41, 5.74) is 8.53. The summed E-state index contributed by atoms with van der Waals surface area (Å²) in [5, 5.41) is 0. The fraction of sp³-hybridized carbons (Fsp3) is 0.400. The van der Waals surface area contributed by atoms with Gasteiger partial charge in [-0.2, -0.15) is 0 Å². The van der Waals surface area contributed by atoms with Gasteiger partial charge >= 0.3 is 5.97 Å². The first kappa shape index (κ1) is 28.3. The van der Waals surface area contributed by atoms with Crippen molar-refractivity contribution >= 4 is 28.9 Å². The highest BCUT2D eigenvalue weighted by atomic mass is 19.1. The summed E-state index contributed by atoms with van der Waals surface area (Å²) in [4.78, 5) is 38.7. The minimum atomic E-state index is -0.764. The molecule has 1 aliphatic heterocycles. The molecule has 0 bridgehead atoms. The third-order valence-corrected chi connectivity index (χ3v) is 7.74. The van der Waals surface area contributed by atoms with Crippen LogP contribution in [-0.2, 0) is 22.8 Å². The fourth-order valence-electron chi connectivity index (χ4n) is 5.17. The summed E-state index contributed by atoms with van der Waals surface area (Å²) < 4.78 is 22.4. The van der Waals surface area contributed by atoms with Crippen molar-refractivity contribution in [2.45, 2.75) is 52.0 Å². The molecule has 0 spiro atoms. The average Bonchev–Trinajstić information content (AvgIpc) is 3.34. The Labute approximate surface area is 238 Å². The Morgan fingerprint density at radius 1 is 1.10 bits per heavy atom. The van der Waals surface area contributed by atoms with Crippen LogP contribution in [0.3, 0.4) is 0 Å². The van der Waals surface area contributed by atoms with Gasteiger partial charge in [0.25, 0.3) is 5.56 Å². The lowest BCUT2D eigenvalue weighted by molar-refractivity contribution is -0.150. The van der Waals surface area contributed by atoms with Crippen LogP contribution in [0.25, 0.3) is 11.0 Å². The highest BCUT2D eigenvalue weighted by molar-refractivity contribution is 5.79. The number of fused-ring (bicyclic) bond motifs is 1. The van der Waals surface area contributed by atoms with Gasteiger partial charge in [-0.05, 0) is 48.6 Å². The van der Waals surface area contributed by atoms with E-state index in [0.29, 0.717) is 12.5 Å². The van der Waals surface area contributed by atoms with E-state index < -0.39 is 12.0 Å². The van der Waals surface area contributed by atoms with Gasteiger partial charge < -0.3 is 24.8 Å². The molecule has 1 aliphatic rings. The van der Waals surface area contributed by atoms with E-state index >= 15 is 0 Å². The van der Waals surface area contributed by atoms with Crippen LogP contribution >= 0.6 is 0 Å². The number of ether oxygens (including phenoxy) is 1. The minimum Gasteiger partial charge on any atom is -0.443 e. The van der Waals surface area contributed by atoms with Gasteiger partial charge in [-0.3, -0.25) is 9.59 Å². The molecule has 2 aromatic carbocycles. The number of carbonyl (C=O) groups excluding carboxylic acids is 1. The van der Waals surface area contributed by atoms with Crippen LogP contribution in [0.5, 0.6) is 0 Å². The van der Waals surface area contributed by atoms with E-state index in [-0.39, 0.29) is 30.1 Å². The molecule has 3 heterocycles. The zero-order chi connectivity index (χ0) is 29.1. The smallest absolute Gasteiger partial charge is 0.324 e. The topological polar surface area (TPSA) is 112 Å². The molecular weight excluding hydrogens is 525 g/mol. The maximum atomic E-state index is 13.5. The van der Waals surface area contributed by atoms with Crippen molar-refractivity contribution in [2.75, 3.05) is 29.9 Å². The summed E-state index contributed by atoms with van der Waals surface area (Å²) in [7, 11) is 1.91. The molecule has 0 amide bonds. The lowest BCUT2D eigenvalue weighted by Crippen LogP contribution is -2.46. The number of hydrogen-bond acceptors (Lipinski definition) is 8. The van der Waals surface area contributed by atoms with E-state index in [1.807, 2.05) is 44.0 Å². The molecule has 1 atom stereocenters. The minimum absolute atomic E-state index is 0.0793. The summed E-state index contributed by atoms with van der Waals surface area (Å²) >= 11 is 0. The molecule has 41 heavy (non-hydrogen) atoms. The zero-order valence-corrected chi connectivity index (χ0v) is 23.6. The quantitative estimate of drug-likeness (QED) is 0.310. The van der Waals surface area contributed by atoms with Gasteiger partial charge in [0.05, 0.1) is 17.6 Å². The van der Waals surface area contributed by atoms with Crippen LogP contribution < -0.4 is 21.1 Å². The van der Waals surface area contributed by atoms with Crippen LogP contribution in [0.15, 0.2) is 65.6 Å². The second-order valence-electron chi connectivity index (χ2n) is 10.8. The van der Waals surface area contributed by atoms with Gasteiger partial charge in [0.15, 0.2) is 6.73 Å². The highest BCUT2D eigenvalue weighted by Gasteiger charge is 2.28. The van der Waals surface area contributed by atoms with Gasteiger partial charge in [0, 0.05) is 38.4 Å². The maximum Gasteiger partial charge on any atom is 0.324 e. The SMILES string of the molecule is CC(C)C(N)C(=O)OCn1c(N(C)C2CCN(c3nc4ccccc4n3Cc3ccc(F)cc3)CC2)nccc1=O. The predicted molar refractivity (Wildman–Crippen MR) is 156 cm³/mol. The molecule has 10 nitrogen and oxygen atoms in total. The van der Waals surface area contributed by atoms with Crippen LogP contribution in [0.2, 0.25) is 0 Å². The van der Waals surface area contributed by atoms with Gasteiger partial charge in [0.2, 0.25) is 11.9 Å². The highest BCUT2D eigenvalue weighted by Crippen LogP contribution is 2.28. The van der Waals surface area contributed by atoms with E-state index in [9.17, 15) is 14.0 Å². The number of carbonyl (C=O) groups is 1. The van der Waals surface area contributed by atoms with Crippen LogP contribution in [0.1, 0.15) is 32.3 Å². The number of nitrogens with two attached hydrogens (primary N) is 1. The van der Waals surface area contributed by atoms with Crippen molar-refractivity contribution in [1.82, 2.24) is 19.1 Å². The number of nitrogens with zero attached hydrogens (tertiary/aromatic N) is 6. The Kier molecular flexibility index (Phi) is 8.34. The van der Waals surface area contributed by atoms with Crippen LogP contribution in [-0.4, -0.2) is 57.3 Å². The second kappa shape index (κ2) is 12.1. The Morgan fingerprint density at radius 3 is 2.51 bits per heavy atom. The molecule has 2 N–H and O–H groups in total. The molecule has 216 valence electrons. The normalized spacial score (nSPS) is 14.9. The Bertz CT molecular complexity index is 1560. The van der Waals surface area contributed by atoms with Gasteiger partial charge in [-0.15, -0.1) is 0 Å². The van der Waals surface area contributed by atoms with Gasteiger partial charge in [-0.1, -0.05) is 38.1 Å². The summed E-state index contributed by atoms with van der Waals surface area (Å²) in [6.07, 6.45) is 3.08. The number of esters is 1. The molecule has 4 aromatic rings. The van der Waals surface area contributed by atoms with E-state index in [0.717, 1.165) is 48.5 Å². The largest absolute Gasteiger partial charge is 0.443 e. The zero-order valence-electron chi connectivity index (χ0n) is 23.6. The molecule has 1 saturated heterocycles. The van der Waals surface area contributed by atoms with E-state index in [2.05, 4.69) is 20.5 Å². The monoisotopic (exact) mass is 561 g/mol. The van der Waals surface area contributed by atoms with E-state index in [4.69, 9.17) is 15.5 Å². The number of aromatic nitrogens is 4. The first-order chi connectivity index (χ1) is 19.7. The molecule has 2 aromatic heterocycles. The van der Waals surface area contributed by atoms with Crippen molar-refractivity contribution in [3.8, 4) is 0 Å². The van der Waals surface area contributed by atoms with Gasteiger partial charge in [0.1, 0.15) is 11.9 Å². The number of piperidine rings is 1. The Balaban J connectivity index is 1.31. The molecule has 0 saturated carbocycles. The van der Waals surface area contributed by atoms with Crippen molar-refractivity contribution in [1.29, 1.82) is 0 Å². The van der Waals surface area contributed by atoms with Crippen LogP contribution in [0, 0.1) is 11.7 Å².